The van der Waals surface area contributed by atoms with Crippen molar-refractivity contribution in [2.24, 2.45) is 11.5 Å². The second-order valence-electron chi connectivity index (χ2n) is 4.81. The summed E-state index contributed by atoms with van der Waals surface area (Å²) < 4.78 is 0. The first-order chi connectivity index (χ1) is 8.06. The van der Waals surface area contributed by atoms with Crippen molar-refractivity contribution in [2.75, 3.05) is 13.1 Å². The molecule has 1 aromatic rings. The molecule has 92 valence electrons. The quantitative estimate of drug-likeness (QED) is 0.551. The van der Waals surface area contributed by atoms with E-state index in [0.29, 0.717) is 13.1 Å². The number of nitrogens with two attached hydrogens (primary N) is 2. The lowest BCUT2D eigenvalue weighted by molar-refractivity contribution is 0.440. The van der Waals surface area contributed by atoms with Gasteiger partial charge in [0.05, 0.1) is 0 Å². The predicted molar refractivity (Wildman–Crippen MR) is 78.5 cm³/mol. The van der Waals surface area contributed by atoms with Gasteiger partial charge in [-0.15, -0.1) is 0 Å². The first-order valence-electron chi connectivity index (χ1n) is 6.20. The molecule has 2 nitrogen and oxygen atoms in total. The first-order valence-corrected chi connectivity index (χ1v) is 6.20. The second-order valence-corrected chi connectivity index (χ2v) is 4.81. The lowest BCUT2D eigenvalue weighted by Gasteiger charge is -2.35. The molecule has 0 bridgehead atoms. The van der Waals surface area contributed by atoms with E-state index in [1.165, 1.54) is 11.0 Å². The molecule has 0 saturated heterocycles. The second kappa shape index (κ2) is 6.03. The maximum absolute atomic E-state index is 5.77. The summed E-state index contributed by atoms with van der Waals surface area (Å²) in [5, 5.41) is 0. The Hall–Kier alpha value is -1.06. The number of hydrogen-bond donors (Lipinski definition) is 2. The van der Waals surface area contributed by atoms with Crippen molar-refractivity contribution in [3.63, 3.8) is 0 Å². The molecule has 17 heavy (non-hydrogen) atoms. The molecule has 0 aliphatic heterocycles. The van der Waals surface area contributed by atoms with Gasteiger partial charge in [0.2, 0.25) is 0 Å². The zero-order chi connectivity index (χ0) is 12.9. The van der Waals surface area contributed by atoms with E-state index >= 15 is 0 Å². The molecule has 0 fully saturated rings. The molecular weight excluding hydrogens is 207 g/mol. The van der Waals surface area contributed by atoms with Gasteiger partial charge >= 0.3 is 0 Å². The summed E-state index contributed by atoms with van der Waals surface area (Å²) in [5.74, 6) is 0. The minimum atomic E-state index is -0.0583. The normalized spacial score (nSPS) is 11.5. The molecule has 1 aromatic carbocycles. The standard InChI is InChI=1S/C14H23BN2/c1-11(2)14(7-9-16,8-10-17)12-3-5-13(15)6-4-12/h3-6H,1,7-10,15-17H2,2H3. The van der Waals surface area contributed by atoms with Gasteiger partial charge in [-0.25, -0.2) is 0 Å². The van der Waals surface area contributed by atoms with E-state index in [0.717, 1.165) is 18.4 Å². The van der Waals surface area contributed by atoms with Crippen LogP contribution in [0, 0.1) is 0 Å². The van der Waals surface area contributed by atoms with E-state index in [9.17, 15) is 0 Å². The van der Waals surface area contributed by atoms with Gasteiger partial charge in [0.25, 0.3) is 0 Å². The molecule has 1 rings (SSSR count). The van der Waals surface area contributed by atoms with Gasteiger partial charge in [-0.1, -0.05) is 41.9 Å². The highest BCUT2D eigenvalue weighted by atomic mass is 14.6. The van der Waals surface area contributed by atoms with Crippen LogP contribution in [0.15, 0.2) is 36.4 Å². The number of allylic oxidation sites excluding steroid dienone is 1. The number of benzene rings is 1. The lowest BCUT2D eigenvalue weighted by atomic mass is 9.70. The van der Waals surface area contributed by atoms with E-state index in [4.69, 9.17) is 11.5 Å². The average molecular weight is 230 g/mol. The van der Waals surface area contributed by atoms with E-state index in [1.54, 1.807) is 0 Å². The van der Waals surface area contributed by atoms with Crippen LogP contribution in [0.5, 0.6) is 0 Å². The minimum Gasteiger partial charge on any atom is -0.330 e. The SMILES string of the molecule is Bc1ccc(C(CCN)(CCN)C(=C)C)cc1. The Morgan fingerprint density at radius 2 is 1.65 bits per heavy atom. The van der Waals surface area contributed by atoms with Gasteiger partial charge < -0.3 is 11.5 Å². The van der Waals surface area contributed by atoms with E-state index in [-0.39, 0.29) is 5.41 Å². The molecule has 0 amide bonds. The Labute approximate surface area is 105 Å². The maximum atomic E-state index is 5.77. The summed E-state index contributed by atoms with van der Waals surface area (Å²) in [7, 11) is 2.10. The zero-order valence-electron chi connectivity index (χ0n) is 11.0. The largest absolute Gasteiger partial charge is 0.330 e. The van der Waals surface area contributed by atoms with Crippen molar-refractivity contribution in [1.82, 2.24) is 0 Å². The molecular formula is C14H23BN2. The predicted octanol–water partition coefficient (Wildman–Crippen LogP) is 0.457. The van der Waals surface area contributed by atoms with Crippen molar-refractivity contribution in [3.05, 3.63) is 42.0 Å². The number of rotatable bonds is 6. The van der Waals surface area contributed by atoms with Crippen molar-refractivity contribution in [1.29, 1.82) is 0 Å². The molecule has 0 aliphatic rings. The van der Waals surface area contributed by atoms with Gasteiger partial charge in [0.1, 0.15) is 7.85 Å². The third-order valence-corrected chi connectivity index (χ3v) is 3.56. The minimum absolute atomic E-state index is 0.0583. The highest BCUT2D eigenvalue weighted by Gasteiger charge is 2.31. The number of hydrogen-bond acceptors (Lipinski definition) is 2. The summed E-state index contributed by atoms with van der Waals surface area (Å²) in [4.78, 5) is 0. The summed E-state index contributed by atoms with van der Waals surface area (Å²) in [6, 6.07) is 8.63. The van der Waals surface area contributed by atoms with E-state index in [2.05, 4.69) is 45.6 Å². The van der Waals surface area contributed by atoms with Crippen LogP contribution in [-0.4, -0.2) is 20.9 Å². The van der Waals surface area contributed by atoms with Crippen LogP contribution in [0.25, 0.3) is 0 Å². The molecule has 3 heteroatoms. The highest BCUT2D eigenvalue weighted by Crippen LogP contribution is 2.37. The van der Waals surface area contributed by atoms with Crippen molar-refractivity contribution >= 4 is 13.3 Å². The van der Waals surface area contributed by atoms with Crippen LogP contribution in [0.3, 0.4) is 0 Å². The molecule has 0 spiro atoms. The van der Waals surface area contributed by atoms with Gasteiger partial charge in [-0.2, -0.15) is 0 Å². The van der Waals surface area contributed by atoms with Gasteiger partial charge in [-0.05, 0) is 38.4 Å². The summed E-state index contributed by atoms with van der Waals surface area (Å²) in [6.45, 7) is 7.53. The Kier molecular flexibility index (Phi) is 4.97. The van der Waals surface area contributed by atoms with Crippen LogP contribution in [0.2, 0.25) is 0 Å². The molecule has 4 N–H and O–H groups in total. The topological polar surface area (TPSA) is 52.0 Å². The molecule has 0 aliphatic carbocycles. The smallest absolute Gasteiger partial charge is 0.139 e. The highest BCUT2D eigenvalue weighted by molar-refractivity contribution is 6.32. The average Bonchev–Trinajstić information content (AvgIpc) is 2.29. The van der Waals surface area contributed by atoms with Crippen LogP contribution < -0.4 is 16.9 Å². The van der Waals surface area contributed by atoms with Crippen LogP contribution in [0.4, 0.5) is 0 Å². The molecule has 0 saturated carbocycles. The molecule has 0 radical (unpaired) electrons. The van der Waals surface area contributed by atoms with Crippen molar-refractivity contribution in [3.8, 4) is 0 Å². The molecule has 0 atom stereocenters. The Balaban J connectivity index is 3.19. The summed E-state index contributed by atoms with van der Waals surface area (Å²) in [6.07, 6.45) is 1.81. The third-order valence-electron chi connectivity index (χ3n) is 3.56. The first kappa shape index (κ1) is 14.0. The molecule has 0 aromatic heterocycles. The van der Waals surface area contributed by atoms with Crippen molar-refractivity contribution < 1.29 is 0 Å². The van der Waals surface area contributed by atoms with E-state index in [1.807, 2.05) is 0 Å². The lowest BCUT2D eigenvalue weighted by Crippen LogP contribution is -2.33. The Bertz CT molecular complexity index is 364. The van der Waals surface area contributed by atoms with Gasteiger partial charge in [-0.3, -0.25) is 0 Å². The Morgan fingerprint density at radius 1 is 1.18 bits per heavy atom. The van der Waals surface area contributed by atoms with Crippen LogP contribution in [-0.2, 0) is 5.41 Å². The van der Waals surface area contributed by atoms with Gasteiger partial charge in [0, 0.05) is 5.41 Å². The molecule has 0 unspecified atom stereocenters. The summed E-state index contributed by atoms with van der Waals surface area (Å²) in [5.41, 5.74) is 15.2. The monoisotopic (exact) mass is 230 g/mol. The zero-order valence-corrected chi connectivity index (χ0v) is 11.0. The third kappa shape index (κ3) is 2.99. The van der Waals surface area contributed by atoms with Crippen molar-refractivity contribution in [2.45, 2.75) is 25.2 Å². The van der Waals surface area contributed by atoms with Crippen LogP contribution >= 0.6 is 0 Å². The Morgan fingerprint density at radius 3 is 2.00 bits per heavy atom. The fourth-order valence-electron chi connectivity index (χ4n) is 2.45. The summed E-state index contributed by atoms with van der Waals surface area (Å²) >= 11 is 0. The fraction of sp³-hybridized carbons (Fsp3) is 0.429. The van der Waals surface area contributed by atoms with Crippen LogP contribution in [0.1, 0.15) is 25.3 Å². The molecule has 0 heterocycles. The maximum Gasteiger partial charge on any atom is 0.139 e. The van der Waals surface area contributed by atoms with Gasteiger partial charge in [0.15, 0.2) is 0 Å². The fourth-order valence-corrected chi connectivity index (χ4v) is 2.45. The van der Waals surface area contributed by atoms with E-state index < -0.39 is 0 Å².